The monoisotopic (exact) mass is 202 g/mol. The standard InChI is InChI=1S/C13H14O2/c14-8-11-7-6-10-5-4-9-2-1-3-12(9)13(10)15-11/h4-5,8,11H,1-3,6-7H2. The summed E-state index contributed by atoms with van der Waals surface area (Å²) in [4.78, 5) is 10.7. The number of ether oxygens (including phenoxy) is 1. The highest BCUT2D eigenvalue weighted by atomic mass is 16.5. The van der Waals surface area contributed by atoms with Gasteiger partial charge in [0.2, 0.25) is 0 Å². The van der Waals surface area contributed by atoms with Crippen LogP contribution in [0.1, 0.15) is 29.5 Å². The molecule has 1 aliphatic heterocycles. The number of carbonyl (C=O) groups excluding carboxylic acids is 1. The van der Waals surface area contributed by atoms with Crippen molar-refractivity contribution in [3.8, 4) is 5.75 Å². The van der Waals surface area contributed by atoms with E-state index in [0.717, 1.165) is 37.7 Å². The van der Waals surface area contributed by atoms with Crippen LogP contribution in [-0.2, 0) is 24.1 Å². The Morgan fingerprint density at radius 1 is 1.20 bits per heavy atom. The summed E-state index contributed by atoms with van der Waals surface area (Å²) in [5, 5.41) is 0. The molecule has 0 spiro atoms. The van der Waals surface area contributed by atoms with Crippen molar-refractivity contribution in [1.82, 2.24) is 0 Å². The molecule has 0 aromatic heterocycles. The third-order valence-corrected chi connectivity index (χ3v) is 3.43. The fraction of sp³-hybridized carbons (Fsp3) is 0.462. The maximum Gasteiger partial charge on any atom is 0.160 e. The second-order valence-corrected chi connectivity index (χ2v) is 4.38. The van der Waals surface area contributed by atoms with Crippen LogP contribution in [0.3, 0.4) is 0 Å². The van der Waals surface area contributed by atoms with E-state index in [1.54, 1.807) is 0 Å². The van der Waals surface area contributed by atoms with E-state index in [1.807, 2.05) is 0 Å². The highest BCUT2D eigenvalue weighted by Crippen LogP contribution is 2.37. The molecule has 0 bridgehead atoms. The fourth-order valence-electron chi connectivity index (χ4n) is 2.63. The predicted octanol–water partition coefficient (Wildman–Crippen LogP) is 2.07. The molecule has 1 unspecified atom stereocenters. The molecular formula is C13H14O2. The van der Waals surface area contributed by atoms with Crippen molar-refractivity contribution < 1.29 is 9.53 Å². The van der Waals surface area contributed by atoms with E-state index in [9.17, 15) is 4.79 Å². The van der Waals surface area contributed by atoms with Crippen LogP contribution >= 0.6 is 0 Å². The molecule has 0 radical (unpaired) electrons. The first-order chi connectivity index (χ1) is 7.38. The van der Waals surface area contributed by atoms with Gasteiger partial charge >= 0.3 is 0 Å². The lowest BCUT2D eigenvalue weighted by atomic mass is 9.97. The van der Waals surface area contributed by atoms with Crippen molar-refractivity contribution in [3.63, 3.8) is 0 Å². The van der Waals surface area contributed by atoms with E-state index in [1.165, 1.54) is 23.1 Å². The normalized spacial score (nSPS) is 22.8. The Hall–Kier alpha value is -1.31. The van der Waals surface area contributed by atoms with Crippen LogP contribution < -0.4 is 4.74 Å². The molecular weight excluding hydrogens is 188 g/mol. The van der Waals surface area contributed by atoms with Gasteiger partial charge in [-0.15, -0.1) is 0 Å². The van der Waals surface area contributed by atoms with Gasteiger partial charge < -0.3 is 4.74 Å². The molecule has 1 heterocycles. The zero-order chi connectivity index (χ0) is 10.3. The Kier molecular flexibility index (Phi) is 2.01. The number of fused-ring (bicyclic) bond motifs is 3. The number of carbonyl (C=O) groups is 1. The Morgan fingerprint density at radius 2 is 2.07 bits per heavy atom. The van der Waals surface area contributed by atoms with Crippen molar-refractivity contribution in [2.24, 2.45) is 0 Å². The van der Waals surface area contributed by atoms with Gasteiger partial charge in [0.15, 0.2) is 12.4 Å². The summed E-state index contributed by atoms with van der Waals surface area (Å²) in [7, 11) is 0. The average molecular weight is 202 g/mol. The van der Waals surface area contributed by atoms with Crippen LogP contribution in [0.5, 0.6) is 5.75 Å². The molecule has 78 valence electrons. The van der Waals surface area contributed by atoms with Gasteiger partial charge in [0.05, 0.1) is 0 Å². The highest BCUT2D eigenvalue weighted by molar-refractivity contribution is 5.60. The maximum absolute atomic E-state index is 10.7. The molecule has 0 amide bonds. The maximum atomic E-state index is 10.7. The molecule has 2 heteroatoms. The molecule has 3 rings (SSSR count). The van der Waals surface area contributed by atoms with E-state index in [-0.39, 0.29) is 6.10 Å². The molecule has 0 saturated heterocycles. The minimum Gasteiger partial charge on any atom is -0.482 e. The topological polar surface area (TPSA) is 26.3 Å². The minimum absolute atomic E-state index is 0.218. The minimum atomic E-state index is -0.218. The molecule has 1 aromatic rings. The van der Waals surface area contributed by atoms with E-state index in [4.69, 9.17) is 4.74 Å². The summed E-state index contributed by atoms with van der Waals surface area (Å²) >= 11 is 0. The molecule has 1 aliphatic carbocycles. The first kappa shape index (κ1) is 8.96. The number of rotatable bonds is 1. The Morgan fingerprint density at radius 3 is 2.93 bits per heavy atom. The van der Waals surface area contributed by atoms with Crippen molar-refractivity contribution in [1.29, 1.82) is 0 Å². The van der Waals surface area contributed by atoms with Gasteiger partial charge in [0.25, 0.3) is 0 Å². The number of aryl methyl sites for hydroxylation is 2. The Labute approximate surface area is 89.2 Å². The highest BCUT2D eigenvalue weighted by Gasteiger charge is 2.25. The van der Waals surface area contributed by atoms with Gasteiger partial charge in [-0.25, -0.2) is 0 Å². The summed E-state index contributed by atoms with van der Waals surface area (Å²) < 4.78 is 5.76. The van der Waals surface area contributed by atoms with E-state index < -0.39 is 0 Å². The quantitative estimate of drug-likeness (QED) is 0.652. The fourth-order valence-corrected chi connectivity index (χ4v) is 2.63. The molecule has 2 aliphatic rings. The van der Waals surface area contributed by atoms with Crippen LogP contribution in [0.25, 0.3) is 0 Å². The molecule has 0 fully saturated rings. The SMILES string of the molecule is O=CC1CCc2ccc3c(c2O1)CCC3. The smallest absolute Gasteiger partial charge is 0.160 e. The Balaban J connectivity index is 2.06. The summed E-state index contributed by atoms with van der Waals surface area (Å²) in [6.45, 7) is 0. The zero-order valence-electron chi connectivity index (χ0n) is 8.66. The van der Waals surface area contributed by atoms with Crippen LogP contribution in [0, 0.1) is 0 Å². The Bertz CT molecular complexity index is 409. The molecule has 0 N–H and O–H groups in total. The summed E-state index contributed by atoms with van der Waals surface area (Å²) in [6, 6.07) is 4.40. The number of hydrogen-bond acceptors (Lipinski definition) is 2. The lowest BCUT2D eigenvalue weighted by Gasteiger charge is -2.24. The number of hydrogen-bond donors (Lipinski definition) is 0. The van der Waals surface area contributed by atoms with Crippen molar-refractivity contribution in [3.05, 3.63) is 28.8 Å². The molecule has 1 aromatic carbocycles. The third kappa shape index (κ3) is 1.36. The third-order valence-electron chi connectivity index (χ3n) is 3.43. The molecule has 2 nitrogen and oxygen atoms in total. The van der Waals surface area contributed by atoms with Crippen molar-refractivity contribution >= 4 is 6.29 Å². The van der Waals surface area contributed by atoms with Crippen LogP contribution in [0.2, 0.25) is 0 Å². The number of benzene rings is 1. The van der Waals surface area contributed by atoms with E-state index in [0.29, 0.717) is 0 Å². The van der Waals surface area contributed by atoms with E-state index in [2.05, 4.69) is 12.1 Å². The molecule has 1 atom stereocenters. The van der Waals surface area contributed by atoms with Gasteiger partial charge in [-0.05, 0) is 48.8 Å². The first-order valence-electron chi connectivity index (χ1n) is 5.64. The summed E-state index contributed by atoms with van der Waals surface area (Å²) in [5.74, 6) is 1.02. The zero-order valence-corrected chi connectivity index (χ0v) is 8.66. The van der Waals surface area contributed by atoms with Gasteiger partial charge in [-0.2, -0.15) is 0 Å². The molecule has 15 heavy (non-hydrogen) atoms. The largest absolute Gasteiger partial charge is 0.482 e. The lowest BCUT2D eigenvalue weighted by Crippen LogP contribution is -2.24. The number of aldehydes is 1. The summed E-state index contributed by atoms with van der Waals surface area (Å²) in [6.07, 6.45) is 6.02. The average Bonchev–Trinajstić information content (AvgIpc) is 2.76. The molecule has 0 saturated carbocycles. The second kappa shape index (κ2) is 3.37. The summed E-state index contributed by atoms with van der Waals surface area (Å²) in [5.41, 5.74) is 4.06. The van der Waals surface area contributed by atoms with Gasteiger partial charge in [0.1, 0.15) is 5.75 Å². The van der Waals surface area contributed by atoms with Crippen LogP contribution in [0.4, 0.5) is 0 Å². The second-order valence-electron chi connectivity index (χ2n) is 4.38. The predicted molar refractivity (Wildman–Crippen MR) is 57.3 cm³/mol. The van der Waals surface area contributed by atoms with Crippen molar-refractivity contribution in [2.45, 2.75) is 38.2 Å². The lowest BCUT2D eigenvalue weighted by molar-refractivity contribution is -0.114. The van der Waals surface area contributed by atoms with Crippen LogP contribution in [-0.4, -0.2) is 12.4 Å². The van der Waals surface area contributed by atoms with Crippen molar-refractivity contribution in [2.75, 3.05) is 0 Å². The first-order valence-corrected chi connectivity index (χ1v) is 5.64. The van der Waals surface area contributed by atoms with Gasteiger partial charge in [0, 0.05) is 0 Å². The van der Waals surface area contributed by atoms with E-state index >= 15 is 0 Å². The van der Waals surface area contributed by atoms with Gasteiger partial charge in [-0.1, -0.05) is 12.1 Å². The van der Waals surface area contributed by atoms with Gasteiger partial charge in [-0.3, -0.25) is 4.79 Å². The van der Waals surface area contributed by atoms with Crippen LogP contribution in [0.15, 0.2) is 12.1 Å².